The van der Waals surface area contributed by atoms with Crippen molar-refractivity contribution in [2.45, 2.75) is 39.2 Å². The summed E-state index contributed by atoms with van der Waals surface area (Å²) in [4.78, 5) is 11.2. The van der Waals surface area contributed by atoms with Gasteiger partial charge in [0.25, 0.3) is 0 Å². The third-order valence-corrected chi connectivity index (χ3v) is 3.85. The molecule has 106 valence electrons. The van der Waals surface area contributed by atoms with Crippen LogP contribution >= 0.6 is 0 Å². The summed E-state index contributed by atoms with van der Waals surface area (Å²) >= 11 is 0. The highest BCUT2D eigenvalue weighted by Gasteiger charge is 2.28. The largest absolute Gasteiger partial charge is 0.469 e. The first-order valence-electron chi connectivity index (χ1n) is 6.94. The van der Waals surface area contributed by atoms with Gasteiger partial charge in [0.15, 0.2) is 0 Å². The van der Waals surface area contributed by atoms with Crippen LogP contribution in [0.2, 0.25) is 0 Å². The predicted octanol–water partition coefficient (Wildman–Crippen LogP) is 2.78. The fourth-order valence-corrected chi connectivity index (χ4v) is 2.34. The number of nitrogens with zero attached hydrogens (tertiary/aromatic N) is 3. The molecule has 0 unspecified atom stereocenters. The monoisotopic (exact) mass is 272 g/mol. The van der Waals surface area contributed by atoms with Crippen molar-refractivity contribution in [3.8, 4) is 0 Å². The van der Waals surface area contributed by atoms with Gasteiger partial charge in [0.05, 0.1) is 6.26 Å². The number of aromatic nitrogens is 2. The third-order valence-electron chi connectivity index (χ3n) is 3.85. The van der Waals surface area contributed by atoms with Gasteiger partial charge in [-0.25, -0.2) is 9.97 Å². The number of nitrogens with two attached hydrogens (primary N) is 1. The summed E-state index contributed by atoms with van der Waals surface area (Å²) in [6.45, 7) is 4.70. The maximum absolute atomic E-state index is 6.03. The molecular weight excluding hydrogens is 252 g/mol. The zero-order valence-corrected chi connectivity index (χ0v) is 12.2. The molecule has 3 rings (SSSR count). The second kappa shape index (κ2) is 4.81. The average Bonchev–Trinajstić information content (AvgIpc) is 3.18. The van der Waals surface area contributed by atoms with Gasteiger partial charge < -0.3 is 15.1 Å². The van der Waals surface area contributed by atoms with Gasteiger partial charge in [0.2, 0.25) is 0 Å². The zero-order chi connectivity index (χ0) is 14.3. The molecule has 2 aromatic heterocycles. The Morgan fingerprint density at radius 3 is 2.70 bits per heavy atom. The van der Waals surface area contributed by atoms with Gasteiger partial charge in [0, 0.05) is 30.6 Å². The van der Waals surface area contributed by atoms with E-state index < -0.39 is 0 Å². The number of furan rings is 1. The minimum absolute atomic E-state index is 0.501. The van der Waals surface area contributed by atoms with Crippen molar-refractivity contribution in [1.29, 1.82) is 0 Å². The lowest BCUT2D eigenvalue weighted by Gasteiger charge is -2.21. The lowest BCUT2D eigenvalue weighted by atomic mass is 10.2. The first-order chi connectivity index (χ1) is 9.56. The maximum atomic E-state index is 6.03. The Hall–Kier alpha value is -2.04. The van der Waals surface area contributed by atoms with Crippen LogP contribution in [0.3, 0.4) is 0 Å². The molecule has 0 atom stereocenters. The lowest BCUT2D eigenvalue weighted by molar-refractivity contribution is 0.529. The molecule has 1 aliphatic rings. The number of rotatable bonds is 4. The minimum atomic E-state index is 0.501. The third kappa shape index (κ3) is 2.35. The van der Waals surface area contributed by atoms with Gasteiger partial charge in [-0.3, -0.25) is 0 Å². The molecule has 2 aromatic rings. The van der Waals surface area contributed by atoms with E-state index in [2.05, 4.69) is 9.88 Å². The summed E-state index contributed by atoms with van der Waals surface area (Å²) in [6.07, 6.45) is 4.06. The molecule has 20 heavy (non-hydrogen) atoms. The quantitative estimate of drug-likeness (QED) is 0.927. The van der Waals surface area contributed by atoms with E-state index >= 15 is 0 Å². The number of aryl methyl sites for hydroxylation is 1. The van der Waals surface area contributed by atoms with Crippen LogP contribution in [-0.2, 0) is 6.54 Å². The summed E-state index contributed by atoms with van der Waals surface area (Å²) < 4.78 is 5.34. The van der Waals surface area contributed by atoms with Crippen molar-refractivity contribution in [2.24, 2.45) is 0 Å². The van der Waals surface area contributed by atoms with Crippen LogP contribution in [-0.4, -0.2) is 17.0 Å². The second-order valence-corrected chi connectivity index (χ2v) is 5.55. The molecule has 2 heterocycles. The van der Waals surface area contributed by atoms with E-state index in [1.54, 1.807) is 6.26 Å². The van der Waals surface area contributed by atoms with Crippen molar-refractivity contribution in [1.82, 2.24) is 9.97 Å². The Morgan fingerprint density at radius 1 is 1.35 bits per heavy atom. The van der Waals surface area contributed by atoms with Crippen molar-refractivity contribution in [3.05, 3.63) is 35.0 Å². The normalized spacial score (nSPS) is 14.6. The van der Waals surface area contributed by atoms with Crippen LogP contribution in [0.4, 0.5) is 11.6 Å². The molecule has 0 aliphatic heterocycles. The summed E-state index contributed by atoms with van der Waals surface area (Å²) in [7, 11) is 2.03. The highest BCUT2D eigenvalue weighted by atomic mass is 16.3. The van der Waals surface area contributed by atoms with Gasteiger partial charge in [-0.15, -0.1) is 0 Å². The van der Waals surface area contributed by atoms with Crippen LogP contribution in [0, 0.1) is 13.8 Å². The molecule has 0 radical (unpaired) electrons. The molecular formula is C15H20N4O. The molecule has 2 N–H and O–H groups in total. The number of hydrogen-bond acceptors (Lipinski definition) is 5. The van der Waals surface area contributed by atoms with Crippen molar-refractivity contribution >= 4 is 11.6 Å². The SMILES string of the molecule is Cc1occc1CN(C)c1nc(C2CC2)nc(N)c1C. The van der Waals surface area contributed by atoms with E-state index in [9.17, 15) is 0 Å². The van der Waals surface area contributed by atoms with E-state index in [-0.39, 0.29) is 0 Å². The Morgan fingerprint density at radius 2 is 2.10 bits per heavy atom. The fourth-order valence-electron chi connectivity index (χ4n) is 2.34. The van der Waals surface area contributed by atoms with Gasteiger partial charge in [-0.1, -0.05) is 0 Å². The van der Waals surface area contributed by atoms with Gasteiger partial charge >= 0.3 is 0 Å². The maximum Gasteiger partial charge on any atom is 0.137 e. The number of nitrogen functional groups attached to an aromatic ring is 1. The van der Waals surface area contributed by atoms with Crippen LogP contribution in [0.15, 0.2) is 16.7 Å². The van der Waals surface area contributed by atoms with Gasteiger partial charge in [-0.05, 0) is 32.8 Å². The molecule has 1 saturated carbocycles. The molecule has 1 fully saturated rings. The second-order valence-electron chi connectivity index (χ2n) is 5.55. The Kier molecular flexibility index (Phi) is 3.12. The highest BCUT2D eigenvalue weighted by Crippen LogP contribution is 2.39. The molecule has 0 spiro atoms. The van der Waals surface area contributed by atoms with Gasteiger partial charge in [0.1, 0.15) is 23.2 Å². The molecule has 0 aromatic carbocycles. The van der Waals surface area contributed by atoms with Crippen molar-refractivity contribution in [2.75, 3.05) is 17.7 Å². The Balaban J connectivity index is 1.90. The fraction of sp³-hybridized carbons (Fsp3) is 0.467. The van der Waals surface area contributed by atoms with Crippen LogP contribution < -0.4 is 10.6 Å². The molecule has 5 heteroatoms. The molecule has 1 aliphatic carbocycles. The predicted molar refractivity (Wildman–Crippen MR) is 78.7 cm³/mol. The lowest BCUT2D eigenvalue weighted by Crippen LogP contribution is -2.21. The summed E-state index contributed by atoms with van der Waals surface area (Å²) in [5.41, 5.74) is 8.14. The standard InChI is InChI=1S/C15H20N4O/c1-9-13(16)17-14(11-4-5-11)18-15(9)19(3)8-12-6-7-20-10(12)2/h6-7,11H,4-5,8H2,1-3H3,(H2,16,17,18). The highest BCUT2D eigenvalue weighted by molar-refractivity contribution is 5.56. The summed E-state index contributed by atoms with van der Waals surface area (Å²) in [5.74, 6) is 3.84. The van der Waals surface area contributed by atoms with Crippen LogP contribution in [0.25, 0.3) is 0 Å². The first-order valence-corrected chi connectivity index (χ1v) is 6.94. The van der Waals surface area contributed by atoms with Crippen LogP contribution in [0.5, 0.6) is 0 Å². The van der Waals surface area contributed by atoms with Crippen LogP contribution in [0.1, 0.15) is 41.5 Å². The van der Waals surface area contributed by atoms with Gasteiger partial charge in [-0.2, -0.15) is 0 Å². The average molecular weight is 272 g/mol. The summed E-state index contributed by atoms with van der Waals surface area (Å²) in [6, 6.07) is 1.99. The topological polar surface area (TPSA) is 68.2 Å². The zero-order valence-electron chi connectivity index (χ0n) is 12.2. The molecule has 5 nitrogen and oxygen atoms in total. The molecule has 0 saturated heterocycles. The first kappa shape index (κ1) is 13.0. The minimum Gasteiger partial charge on any atom is -0.469 e. The van der Waals surface area contributed by atoms with Crippen molar-refractivity contribution < 1.29 is 4.42 Å². The smallest absolute Gasteiger partial charge is 0.137 e. The Labute approximate surface area is 118 Å². The molecule has 0 amide bonds. The number of anilines is 2. The Bertz CT molecular complexity index is 631. The summed E-state index contributed by atoms with van der Waals surface area (Å²) in [5, 5.41) is 0. The van der Waals surface area contributed by atoms with E-state index in [1.165, 1.54) is 12.8 Å². The number of hydrogen-bond donors (Lipinski definition) is 1. The molecule has 0 bridgehead atoms. The van der Waals surface area contributed by atoms with E-state index in [1.807, 2.05) is 27.0 Å². The van der Waals surface area contributed by atoms with E-state index in [0.717, 1.165) is 35.1 Å². The van der Waals surface area contributed by atoms with Crippen molar-refractivity contribution in [3.63, 3.8) is 0 Å². The van der Waals surface area contributed by atoms with E-state index in [4.69, 9.17) is 15.1 Å². The van der Waals surface area contributed by atoms with E-state index in [0.29, 0.717) is 11.7 Å².